The summed E-state index contributed by atoms with van der Waals surface area (Å²) in [6.45, 7) is 2.00. The number of hydrogen-bond donors (Lipinski definition) is 2. The van der Waals surface area contributed by atoms with Crippen molar-refractivity contribution in [1.82, 2.24) is 4.72 Å². The Labute approximate surface area is 145 Å². The molecule has 0 aliphatic rings. The molecular formula is C16H16ClNO5S. The summed E-state index contributed by atoms with van der Waals surface area (Å²) in [6.07, 6.45) is 0. The lowest BCUT2D eigenvalue weighted by molar-refractivity contribution is 0.0696. The normalized spacial score (nSPS) is 11.2. The van der Waals surface area contributed by atoms with E-state index >= 15 is 0 Å². The van der Waals surface area contributed by atoms with Crippen molar-refractivity contribution in [3.63, 3.8) is 0 Å². The van der Waals surface area contributed by atoms with E-state index in [0.717, 1.165) is 11.6 Å². The molecule has 0 radical (unpaired) electrons. The van der Waals surface area contributed by atoms with Crippen LogP contribution in [0.3, 0.4) is 0 Å². The van der Waals surface area contributed by atoms with Crippen molar-refractivity contribution >= 4 is 27.6 Å². The van der Waals surface area contributed by atoms with Gasteiger partial charge in [-0.05, 0) is 48.9 Å². The summed E-state index contributed by atoms with van der Waals surface area (Å²) in [5.74, 6) is -0.569. The zero-order valence-electron chi connectivity index (χ0n) is 12.8. The zero-order chi connectivity index (χ0) is 17.7. The van der Waals surface area contributed by atoms with E-state index < -0.39 is 16.0 Å². The highest BCUT2D eigenvalue weighted by Gasteiger charge is 2.15. The lowest BCUT2D eigenvalue weighted by atomic mass is 10.2. The molecular weight excluding hydrogens is 354 g/mol. The van der Waals surface area contributed by atoms with Crippen molar-refractivity contribution in [3.8, 4) is 5.75 Å². The summed E-state index contributed by atoms with van der Waals surface area (Å²) in [5, 5.41) is 9.51. The van der Waals surface area contributed by atoms with Crippen molar-refractivity contribution in [1.29, 1.82) is 0 Å². The van der Waals surface area contributed by atoms with Crippen LogP contribution in [0.4, 0.5) is 0 Å². The van der Waals surface area contributed by atoms with E-state index in [9.17, 15) is 13.2 Å². The van der Waals surface area contributed by atoms with Gasteiger partial charge >= 0.3 is 5.97 Å². The zero-order valence-corrected chi connectivity index (χ0v) is 14.4. The van der Waals surface area contributed by atoms with Crippen LogP contribution < -0.4 is 9.46 Å². The van der Waals surface area contributed by atoms with Gasteiger partial charge < -0.3 is 9.84 Å². The first-order valence-electron chi connectivity index (χ1n) is 7.01. The fourth-order valence-corrected chi connectivity index (χ4v) is 3.28. The molecule has 6 nitrogen and oxygen atoms in total. The van der Waals surface area contributed by atoms with Crippen LogP contribution in [-0.4, -0.2) is 32.6 Å². The molecule has 0 saturated carbocycles. The predicted molar refractivity (Wildman–Crippen MR) is 90.3 cm³/mol. The van der Waals surface area contributed by atoms with Crippen molar-refractivity contribution in [3.05, 3.63) is 58.6 Å². The Morgan fingerprint density at radius 3 is 2.67 bits per heavy atom. The maximum absolute atomic E-state index is 12.2. The third kappa shape index (κ3) is 4.70. The smallest absolute Gasteiger partial charge is 0.335 e. The summed E-state index contributed by atoms with van der Waals surface area (Å²) < 4.78 is 32.2. The van der Waals surface area contributed by atoms with Crippen molar-refractivity contribution in [2.45, 2.75) is 11.8 Å². The second-order valence-electron chi connectivity index (χ2n) is 4.99. The number of nitrogens with one attached hydrogen (secondary N) is 1. The van der Waals surface area contributed by atoms with Gasteiger partial charge in [0.25, 0.3) is 0 Å². The highest BCUT2D eigenvalue weighted by molar-refractivity contribution is 7.89. The van der Waals surface area contributed by atoms with Crippen LogP contribution >= 0.6 is 11.6 Å². The molecule has 0 spiro atoms. The molecule has 0 heterocycles. The highest BCUT2D eigenvalue weighted by Crippen LogP contribution is 2.21. The first kappa shape index (κ1) is 18.3. The molecule has 0 atom stereocenters. The summed E-state index contributed by atoms with van der Waals surface area (Å²) in [7, 11) is -3.80. The number of carbonyl (C=O) groups is 1. The number of hydrogen-bond acceptors (Lipinski definition) is 4. The van der Waals surface area contributed by atoms with Gasteiger partial charge in [-0.3, -0.25) is 0 Å². The van der Waals surface area contributed by atoms with Crippen LogP contribution in [0.1, 0.15) is 15.9 Å². The van der Waals surface area contributed by atoms with E-state index in [2.05, 4.69) is 4.72 Å². The van der Waals surface area contributed by atoms with Crippen LogP contribution in [0.2, 0.25) is 5.02 Å². The van der Waals surface area contributed by atoms with Gasteiger partial charge in [-0.1, -0.05) is 17.7 Å². The van der Waals surface area contributed by atoms with Gasteiger partial charge in [0.05, 0.1) is 10.5 Å². The molecule has 0 saturated heterocycles. The highest BCUT2D eigenvalue weighted by atomic mass is 35.5. The van der Waals surface area contributed by atoms with E-state index in [1.165, 1.54) is 18.2 Å². The van der Waals surface area contributed by atoms with E-state index in [0.29, 0.717) is 10.8 Å². The maximum Gasteiger partial charge on any atom is 0.335 e. The molecule has 2 rings (SSSR count). The lowest BCUT2D eigenvalue weighted by Crippen LogP contribution is -2.28. The molecule has 2 aromatic carbocycles. The molecule has 8 heteroatoms. The van der Waals surface area contributed by atoms with Crippen LogP contribution in [0.5, 0.6) is 5.75 Å². The summed E-state index contributed by atoms with van der Waals surface area (Å²) >= 11 is 5.85. The number of carboxylic acid groups (broad SMARTS) is 1. The number of carboxylic acids is 1. The van der Waals surface area contributed by atoms with Crippen molar-refractivity contribution in [2.24, 2.45) is 0 Å². The number of ether oxygens (including phenoxy) is 1. The minimum atomic E-state index is -3.80. The third-order valence-corrected chi connectivity index (χ3v) is 4.87. The van der Waals surface area contributed by atoms with Gasteiger partial charge in [-0.25, -0.2) is 17.9 Å². The second kappa shape index (κ2) is 7.65. The maximum atomic E-state index is 12.2. The van der Waals surface area contributed by atoms with Crippen LogP contribution in [0.25, 0.3) is 0 Å². The molecule has 0 aliphatic heterocycles. The first-order valence-corrected chi connectivity index (χ1v) is 8.88. The molecule has 0 aliphatic carbocycles. The van der Waals surface area contributed by atoms with Crippen molar-refractivity contribution in [2.75, 3.05) is 13.2 Å². The van der Waals surface area contributed by atoms with Crippen LogP contribution in [-0.2, 0) is 10.0 Å². The van der Waals surface area contributed by atoms with Gasteiger partial charge in [-0.15, -0.1) is 0 Å². The number of sulfonamides is 1. The number of rotatable bonds is 7. The third-order valence-electron chi connectivity index (χ3n) is 3.18. The van der Waals surface area contributed by atoms with Gasteiger partial charge in [0.2, 0.25) is 10.0 Å². The van der Waals surface area contributed by atoms with E-state index in [4.69, 9.17) is 21.4 Å². The van der Waals surface area contributed by atoms with E-state index in [-0.39, 0.29) is 23.6 Å². The van der Waals surface area contributed by atoms with Crippen LogP contribution in [0, 0.1) is 6.92 Å². The Morgan fingerprint density at radius 1 is 1.25 bits per heavy atom. The van der Waals surface area contributed by atoms with E-state index in [1.807, 2.05) is 6.92 Å². The minimum absolute atomic E-state index is 0.0434. The Morgan fingerprint density at radius 2 is 2.00 bits per heavy atom. The summed E-state index contributed by atoms with van der Waals surface area (Å²) in [4.78, 5) is 10.8. The second-order valence-corrected chi connectivity index (χ2v) is 7.19. The largest absolute Gasteiger partial charge is 0.492 e. The van der Waals surface area contributed by atoms with E-state index in [1.54, 1.807) is 18.2 Å². The Hall–Kier alpha value is -2.09. The molecule has 0 unspecified atom stereocenters. The fourth-order valence-electron chi connectivity index (χ4n) is 1.99. The summed E-state index contributed by atoms with van der Waals surface area (Å²) in [6, 6.07) is 10.3. The first-order chi connectivity index (χ1) is 11.3. The lowest BCUT2D eigenvalue weighted by Gasteiger charge is -2.11. The number of benzene rings is 2. The monoisotopic (exact) mass is 369 g/mol. The average molecular weight is 370 g/mol. The SMILES string of the molecule is Cc1cc(Cl)ccc1OCCNS(=O)(=O)c1cccc(C(=O)O)c1. The minimum Gasteiger partial charge on any atom is -0.492 e. The molecule has 0 fully saturated rings. The van der Waals surface area contributed by atoms with Crippen molar-refractivity contribution < 1.29 is 23.1 Å². The standard InChI is InChI=1S/C16H16ClNO5S/c1-11-9-13(17)5-6-15(11)23-8-7-18-24(21,22)14-4-2-3-12(10-14)16(19)20/h2-6,9-10,18H,7-8H2,1H3,(H,19,20). The molecule has 0 bridgehead atoms. The molecule has 24 heavy (non-hydrogen) atoms. The average Bonchev–Trinajstić information content (AvgIpc) is 2.53. The Bertz CT molecular complexity index is 851. The topological polar surface area (TPSA) is 92.7 Å². The van der Waals surface area contributed by atoms with Crippen LogP contribution in [0.15, 0.2) is 47.4 Å². The summed E-state index contributed by atoms with van der Waals surface area (Å²) in [5.41, 5.74) is 0.755. The Kier molecular flexibility index (Phi) is 5.82. The van der Waals surface area contributed by atoms with Gasteiger partial charge in [0.1, 0.15) is 12.4 Å². The predicted octanol–water partition coefficient (Wildman–Crippen LogP) is 2.70. The molecule has 0 amide bonds. The number of aromatic carboxylic acids is 1. The quantitative estimate of drug-likeness (QED) is 0.732. The molecule has 0 aromatic heterocycles. The Balaban J connectivity index is 1.95. The van der Waals surface area contributed by atoms with Gasteiger partial charge in [0.15, 0.2) is 0 Å². The van der Waals surface area contributed by atoms with Gasteiger partial charge in [-0.2, -0.15) is 0 Å². The molecule has 2 aromatic rings. The molecule has 2 N–H and O–H groups in total. The molecule has 128 valence electrons. The fraction of sp³-hybridized carbons (Fsp3) is 0.188. The number of halogens is 1. The number of aryl methyl sites for hydroxylation is 1. The van der Waals surface area contributed by atoms with Gasteiger partial charge in [0, 0.05) is 11.6 Å².